The predicted molar refractivity (Wildman–Crippen MR) is 183 cm³/mol. The zero-order valence-corrected chi connectivity index (χ0v) is 31.5. The van der Waals surface area contributed by atoms with E-state index >= 15 is 0 Å². The first-order valence-corrected chi connectivity index (χ1v) is 19.4. The molecule has 4 rings (SSSR count). The van der Waals surface area contributed by atoms with Gasteiger partial charge in [-0.3, -0.25) is 19.2 Å². The maximum absolute atomic E-state index is 14.5. The van der Waals surface area contributed by atoms with E-state index in [4.69, 9.17) is 0 Å². The highest BCUT2D eigenvalue weighted by atomic mass is 32.2. The van der Waals surface area contributed by atoms with E-state index in [1.165, 1.54) is 0 Å². The number of carbonyl (C=O) groups excluding carboxylic acids is 5. The lowest BCUT2D eigenvalue weighted by Crippen LogP contribution is -2.64. The summed E-state index contributed by atoms with van der Waals surface area (Å²) in [6, 6.07) is -2.51. The maximum Gasteiger partial charge on any atom is 0.315 e. The zero-order valence-electron chi connectivity index (χ0n) is 30.7. The van der Waals surface area contributed by atoms with Crippen LogP contribution in [-0.2, 0) is 29.0 Å². The molecule has 6 atom stereocenters. The van der Waals surface area contributed by atoms with Gasteiger partial charge in [-0.15, -0.1) is 0 Å². The van der Waals surface area contributed by atoms with E-state index in [0.29, 0.717) is 32.2 Å². The molecule has 0 spiro atoms. The number of sulfone groups is 1. The second-order valence-corrected chi connectivity index (χ2v) is 20.2. The second-order valence-electron chi connectivity index (χ2n) is 17.5. The van der Waals surface area contributed by atoms with E-state index in [2.05, 4.69) is 35.1 Å². The van der Waals surface area contributed by atoms with Gasteiger partial charge in [0, 0.05) is 13.1 Å². The number of nitrogens with zero attached hydrogens (tertiary/aromatic N) is 1. The number of Topliss-reactive ketones (excluding diaryl/α,β-unsaturated/α-hetero) is 1. The Balaban J connectivity index is 1.57. The number of amides is 5. The van der Waals surface area contributed by atoms with E-state index in [9.17, 15) is 32.4 Å². The van der Waals surface area contributed by atoms with Crippen LogP contribution in [0, 0.1) is 28.6 Å². The molecule has 0 bridgehead atoms. The van der Waals surface area contributed by atoms with Crippen LogP contribution < -0.4 is 21.3 Å². The Labute approximate surface area is 287 Å². The van der Waals surface area contributed by atoms with Crippen molar-refractivity contribution >= 4 is 39.4 Å². The molecule has 1 aliphatic heterocycles. The average Bonchev–Trinajstić information content (AvgIpc) is 3.72. The molecule has 0 unspecified atom stereocenters. The van der Waals surface area contributed by atoms with Crippen molar-refractivity contribution in [2.24, 2.45) is 28.6 Å². The molecule has 0 radical (unpaired) electrons. The summed E-state index contributed by atoms with van der Waals surface area (Å²) >= 11 is 0. The molecule has 4 aliphatic rings. The van der Waals surface area contributed by atoms with Gasteiger partial charge in [0.05, 0.1) is 16.0 Å². The van der Waals surface area contributed by atoms with E-state index < -0.39 is 72.7 Å². The summed E-state index contributed by atoms with van der Waals surface area (Å²) in [5, 5.41) is 11.4. The summed E-state index contributed by atoms with van der Waals surface area (Å²) in [6.45, 7) is 18.9. The van der Waals surface area contributed by atoms with Gasteiger partial charge in [0.25, 0.3) is 5.91 Å². The summed E-state index contributed by atoms with van der Waals surface area (Å²) in [5.41, 5.74) is -3.20. The molecule has 12 nitrogen and oxygen atoms in total. The first-order valence-electron chi connectivity index (χ1n) is 17.7. The Kier molecular flexibility index (Phi) is 10.2. The monoisotopic (exact) mass is 693 g/mol. The largest absolute Gasteiger partial charge is 0.350 e. The first kappa shape index (κ1) is 38.1. The van der Waals surface area contributed by atoms with Crippen LogP contribution in [0.2, 0.25) is 0 Å². The van der Waals surface area contributed by atoms with E-state index in [0.717, 1.165) is 19.3 Å². The minimum absolute atomic E-state index is 0.0657. The summed E-state index contributed by atoms with van der Waals surface area (Å²) in [5.74, 6) is -2.70. The van der Waals surface area contributed by atoms with Crippen LogP contribution >= 0.6 is 0 Å². The molecule has 3 aliphatic carbocycles. The lowest BCUT2D eigenvalue weighted by atomic mass is 9.83. The number of hydrogen-bond donors (Lipinski definition) is 4. The van der Waals surface area contributed by atoms with E-state index in [1.807, 2.05) is 27.7 Å². The van der Waals surface area contributed by atoms with Gasteiger partial charge >= 0.3 is 6.03 Å². The Morgan fingerprint density at radius 3 is 2.02 bits per heavy atom. The Morgan fingerprint density at radius 2 is 1.52 bits per heavy atom. The number of nitrogens with one attached hydrogen (secondary N) is 4. The molecular formula is C35H59N5O7S. The van der Waals surface area contributed by atoms with Crippen LogP contribution in [0.4, 0.5) is 4.79 Å². The number of fused-ring (bicyclic) bond motifs is 1. The lowest BCUT2D eigenvalue weighted by Gasteiger charge is -2.41. The second kappa shape index (κ2) is 12.9. The fraction of sp³-hybridized carbons (Fsp3) is 0.857. The molecule has 5 amide bonds. The number of ketones is 1. The fourth-order valence-electron chi connectivity index (χ4n) is 8.20. The van der Waals surface area contributed by atoms with Gasteiger partial charge in [-0.05, 0) is 75.5 Å². The lowest BCUT2D eigenvalue weighted by molar-refractivity contribution is -0.145. The zero-order chi connectivity index (χ0) is 36.3. The third-order valence-corrected chi connectivity index (χ3v) is 14.4. The average molecular weight is 694 g/mol. The van der Waals surface area contributed by atoms with Crippen molar-refractivity contribution in [3.63, 3.8) is 0 Å². The van der Waals surface area contributed by atoms with E-state index in [1.54, 1.807) is 32.6 Å². The normalized spacial score (nSPS) is 29.6. The summed E-state index contributed by atoms with van der Waals surface area (Å²) in [7, 11) is -3.56. The molecule has 48 heavy (non-hydrogen) atoms. The topological polar surface area (TPSA) is 171 Å². The van der Waals surface area contributed by atoms with Crippen molar-refractivity contribution < 1.29 is 32.4 Å². The molecular weight excluding hydrogens is 634 g/mol. The molecule has 3 saturated carbocycles. The van der Waals surface area contributed by atoms with Crippen molar-refractivity contribution in [2.45, 2.75) is 142 Å². The van der Waals surface area contributed by atoms with Crippen molar-refractivity contribution in [1.82, 2.24) is 26.2 Å². The van der Waals surface area contributed by atoms with Gasteiger partial charge < -0.3 is 26.2 Å². The maximum atomic E-state index is 14.5. The highest BCUT2D eigenvalue weighted by Crippen LogP contribution is 2.65. The third-order valence-electron chi connectivity index (χ3n) is 11.6. The smallest absolute Gasteiger partial charge is 0.315 e. The minimum Gasteiger partial charge on any atom is -0.350 e. The highest BCUT2D eigenvalue weighted by Gasteiger charge is 2.71. The van der Waals surface area contributed by atoms with Crippen LogP contribution in [0.3, 0.4) is 0 Å². The molecule has 13 heteroatoms. The molecule has 4 N–H and O–H groups in total. The molecule has 272 valence electrons. The van der Waals surface area contributed by atoms with Crippen molar-refractivity contribution in [2.75, 3.05) is 18.8 Å². The van der Waals surface area contributed by atoms with Crippen LogP contribution in [0.15, 0.2) is 0 Å². The van der Waals surface area contributed by atoms with Crippen LogP contribution in [0.25, 0.3) is 0 Å². The van der Waals surface area contributed by atoms with Crippen molar-refractivity contribution in [1.29, 1.82) is 0 Å². The summed E-state index contributed by atoms with van der Waals surface area (Å²) in [4.78, 5) is 69.7. The SMILES string of the molecule is CCNC(=O)C(=O)[C@@]1(NC(=O)[C@@H]2[C@@H]3[C@H](CN2C(=O)[C@@H](NC(=O)NC2(CS(=O)(=O)C(C)(C)C)CCCCC2)C(C)(C)C)C3(C)C)C[C@@H]1CC. The predicted octanol–water partition coefficient (Wildman–Crippen LogP) is 3.09. The minimum atomic E-state index is -3.56. The van der Waals surface area contributed by atoms with Gasteiger partial charge in [0.1, 0.15) is 17.6 Å². The number of hydrogen-bond acceptors (Lipinski definition) is 7. The van der Waals surface area contributed by atoms with Gasteiger partial charge in [-0.2, -0.15) is 0 Å². The van der Waals surface area contributed by atoms with Crippen LogP contribution in [0.5, 0.6) is 0 Å². The third kappa shape index (κ3) is 7.12. The number of likely N-dealkylation sites (tertiary alicyclic amines) is 1. The van der Waals surface area contributed by atoms with Gasteiger partial charge in [0.15, 0.2) is 9.84 Å². The molecule has 1 heterocycles. The quantitative estimate of drug-likeness (QED) is 0.241. The molecule has 0 aromatic rings. The van der Waals surface area contributed by atoms with Gasteiger partial charge in [-0.25, -0.2) is 13.2 Å². The number of rotatable bonds is 11. The van der Waals surface area contributed by atoms with Crippen molar-refractivity contribution in [3.05, 3.63) is 0 Å². The fourth-order valence-corrected chi connectivity index (χ4v) is 9.72. The first-order chi connectivity index (χ1) is 22.0. The Morgan fingerprint density at radius 1 is 0.917 bits per heavy atom. The van der Waals surface area contributed by atoms with E-state index in [-0.39, 0.29) is 35.5 Å². The summed E-state index contributed by atoms with van der Waals surface area (Å²) < 4.78 is 25.6. The summed E-state index contributed by atoms with van der Waals surface area (Å²) in [6.07, 6.45) is 4.54. The molecule has 0 aromatic carbocycles. The molecule has 1 saturated heterocycles. The van der Waals surface area contributed by atoms with Gasteiger partial charge in [-0.1, -0.05) is 67.2 Å². The van der Waals surface area contributed by atoms with Crippen molar-refractivity contribution in [3.8, 4) is 0 Å². The Hall–Kier alpha value is -2.70. The standard InChI is InChI=1S/C35H59N5O7S/c1-11-21-18-35(21,26(41)28(43)36-12-2)38-27(42)24-23-22(33(23,9)10)19-40(24)29(44)25(31(3,4)5)37-30(45)39-34(16-14-13-15-17-34)20-48(46,47)32(6,7)8/h21-25H,11-20H2,1-10H3,(H,36,43)(H,38,42)(H2,37,39,45)/t21-,22-,23-,24-,25+,35+/m0/s1. The number of piperidine rings is 1. The highest BCUT2D eigenvalue weighted by molar-refractivity contribution is 7.92. The Bertz CT molecular complexity index is 1420. The van der Waals surface area contributed by atoms with Gasteiger partial charge in [0.2, 0.25) is 17.6 Å². The van der Waals surface area contributed by atoms with Crippen LogP contribution in [-0.4, -0.2) is 89.6 Å². The number of carbonyl (C=O) groups is 5. The van der Waals surface area contributed by atoms with Crippen LogP contribution in [0.1, 0.15) is 114 Å². The number of likely N-dealkylation sites (N-methyl/N-ethyl adjacent to an activating group) is 1. The number of urea groups is 1. The molecule has 4 fully saturated rings. The molecule has 0 aromatic heterocycles.